The van der Waals surface area contributed by atoms with Gasteiger partial charge in [0.25, 0.3) is 5.91 Å². The van der Waals surface area contributed by atoms with E-state index in [1.807, 2.05) is 32.0 Å². The first-order valence-electron chi connectivity index (χ1n) is 7.98. The van der Waals surface area contributed by atoms with Crippen LogP contribution in [-0.2, 0) is 16.6 Å². The van der Waals surface area contributed by atoms with E-state index in [-0.39, 0.29) is 17.2 Å². The molecule has 134 valence electrons. The molecule has 2 aromatic rings. The molecular weight excluding hydrogens is 338 g/mol. The monoisotopic (exact) mass is 361 g/mol. The minimum absolute atomic E-state index is 0.259. The van der Waals surface area contributed by atoms with E-state index in [0.717, 1.165) is 23.9 Å². The van der Waals surface area contributed by atoms with Crippen molar-refractivity contribution < 1.29 is 13.2 Å². The largest absolute Gasteiger partial charge is 0.322 e. The smallest absolute Gasteiger partial charge is 0.257 e. The molecule has 25 heavy (non-hydrogen) atoms. The first-order valence-corrected chi connectivity index (χ1v) is 9.87. The fraction of sp³-hybridized carbons (Fsp3) is 0.278. The molecule has 0 aliphatic heterocycles. The van der Waals surface area contributed by atoms with E-state index in [2.05, 4.69) is 15.4 Å². The maximum Gasteiger partial charge on any atom is 0.257 e. The molecule has 0 aliphatic carbocycles. The zero-order valence-corrected chi connectivity index (χ0v) is 15.4. The van der Waals surface area contributed by atoms with Crippen LogP contribution in [0, 0.1) is 6.92 Å². The summed E-state index contributed by atoms with van der Waals surface area (Å²) in [5.41, 5.74) is 3.12. The zero-order valence-electron chi connectivity index (χ0n) is 14.6. The van der Waals surface area contributed by atoms with Crippen LogP contribution in [0.1, 0.15) is 28.4 Å². The summed E-state index contributed by atoms with van der Waals surface area (Å²) in [5, 5.41) is 6.06. The Morgan fingerprint density at radius 3 is 2.56 bits per heavy atom. The molecular formula is C18H23N3O3S. The number of anilines is 2. The second-order valence-corrected chi connectivity index (χ2v) is 7.61. The topological polar surface area (TPSA) is 87.3 Å². The number of carbonyl (C=O) groups is 1. The van der Waals surface area contributed by atoms with Crippen molar-refractivity contribution in [3.8, 4) is 0 Å². The Balaban J connectivity index is 2.24. The van der Waals surface area contributed by atoms with Gasteiger partial charge in [-0.05, 0) is 43.3 Å². The first kappa shape index (κ1) is 19.0. The van der Waals surface area contributed by atoms with E-state index in [4.69, 9.17) is 0 Å². The van der Waals surface area contributed by atoms with Crippen molar-refractivity contribution in [1.29, 1.82) is 0 Å². The Morgan fingerprint density at radius 2 is 1.88 bits per heavy atom. The van der Waals surface area contributed by atoms with Crippen molar-refractivity contribution in [2.45, 2.75) is 20.4 Å². The number of nitrogens with one attached hydrogen (secondary N) is 3. The van der Waals surface area contributed by atoms with Gasteiger partial charge in [0.1, 0.15) is 0 Å². The second kappa shape index (κ2) is 8.13. The number of rotatable bonds is 7. The molecule has 0 spiro atoms. The number of carbonyl (C=O) groups excluding carboxylic acids is 1. The highest BCUT2D eigenvalue weighted by molar-refractivity contribution is 7.92. The molecule has 0 aliphatic rings. The van der Waals surface area contributed by atoms with Crippen LogP contribution in [0.3, 0.4) is 0 Å². The Bertz CT molecular complexity index is 864. The third-order valence-corrected chi connectivity index (χ3v) is 4.07. The van der Waals surface area contributed by atoms with E-state index in [0.29, 0.717) is 12.2 Å². The SMILES string of the molecule is CCNCc1cccc(NC(=O)c2cc(C)ccc2NS(C)(=O)=O)c1. The van der Waals surface area contributed by atoms with Gasteiger partial charge in [0, 0.05) is 12.2 Å². The van der Waals surface area contributed by atoms with Gasteiger partial charge in [-0.2, -0.15) is 0 Å². The van der Waals surface area contributed by atoms with Gasteiger partial charge in [-0.3, -0.25) is 9.52 Å². The molecule has 0 bridgehead atoms. The number of aryl methyl sites for hydroxylation is 1. The van der Waals surface area contributed by atoms with E-state index >= 15 is 0 Å². The van der Waals surface area contributed by atoms with E-state index in [9.17, 15) is 13.2 Å². The van der Waals surface area contributed by atoms with Crippen molar-refractivity contribution in [3.05, 3.63) is 59.2 Å². The number of sulfonamides is 1. The summed E-state index contributed by atoms with van der Waals surface area (Å²) in [5.74, 6) is -0.365. The molecule has 3 N–H and O–H groups in total. The fourth-order valence-corrected chi connectivity index (χ4v) is 2.94. The number of benzene rings is 2. The van der Waals surface area contributed by atoms with Crippen LogP contribution in [0.4, 0.5) is 11.4 Å². The lowest BCUT2D eigenvalue weighted by molar-refractivity contribution is 0.102. The normalized spacial score (nSPS) is 11.2. The van der Waals surface area contributed by atoms with Crippen molar-refractivity contribution in [1.82, 2.24) is 5.32 Å². The molecule has 0 atom stereocenters. The number of hydrogen-bond donors (Lipinski definition) is 3. The molecule has 0 radical (unpaired) electrons. The first-order chi connectivity index (χ1) is 11.8. The van der Waals surface area contributed by atoms with Crippen LogP contribution in [-0.4, -0.2) is 27.1 Å². The summed E-state index contributed by atoms with van der Waals surface area (Å²) in [4.78, 5) is 12.6. The molecule has 0 unspecified atom stereocenters. The van der Waals surface area contributed by atoms with Crippen molar-refractivity contribution >= 4 is 27.3 Å². The molecule has 0 aromatic heterocycles. The highest BCUT2D eigenvalue weighted by Gasteiger charge is 2.15. The average molecular weight is 361 g/mol. The Labute approximate surface area is 148 Å². The van der Waals surface area contributed by atoms with E-state index in [1.54, 1.807) is 24.3 Å². The zero-order chi connectivity index (χ0) is 18.4. The van der Waals surface area contributed by atoms with Crippen LogP contribution in [0.2, 0.25) is 0 Å². The van der Waals surface area contributed by atoms with Gasteiger partial charge < -0.3 is 10.6 Å². The van der Waals surface area contributed by atoms with Crippen LogP contribution >= 0.6 is 0 Å². The van der Waals surface area contributed by atoms with E-state index in [1.165, 1.54) is 0 Å². The Kier molecular flexibility index (Phi) is 6.17. The van der Waals surface area contributed by atoms with Crippen molar-refractivity contribution in [3.63, 3.8) is 0 Å². The molecule has 0 saturated heterocycles. The van der Waals surface area contributed by atoms with Gasteiger partial charge >= 0.3 is 0 Å². The molecule has 2 aromatic carbocycles. The van der Waals surface area contributed by atoms with Crippen molar-refractivity contribution in [2.75, 3.05) is 22.8 Å². The van der Waals surface area contributed by atoms with Crippen LogP contribution in [0.15, 0.2) is 42.5 Å². The third kappa shape index (κ3) is 5.88. The maximum atomic E-state index is 12.6. The van der Waals surface area contributed by atoms with Gasteiger partial charge in [-0.1, -0.05) is 30.7 Å². The summed E-state index contributed by atoms with van der Waals surface area (Å²) in [7, 11) is -3.47. The molecule has 0 saturated carbocycles. The lowest BCUT2D eigenvalue weighted by Gasteiger charge is -2.13. The van der Waals surface area contributed by atoms with Gasteiger partial charge in [0.15, 0.2) is 0 Å². The van der Waals surface area contributed by atoms with Crippen LogP contribution < -0.4 is 15.4 Å². The molecule has 7 heteroatoms. The standard InChI is InChI=1S/C18H23N3O3S/c1-4-19-12-14-6-5-7-15(11-14)20-18(22)16-10-13(2)8-9-17(16)21-25(3,23)24/h5-11,19,21H,4,12H2,1-3H3,(H,20,22). The molecule has 1 amide bonds. The summed E-state index contributed by atoms with van der Waals surface area (Å²) in [6.45, 7) is 5.45. The van der Waals surface area contributed by atoms with Crippen LogP contribution in [0.5, 0.6) is 0 Å². The predicted molar refractivity (Wildman–Crippen MR) is 101 cm³/mol. The Hall–Kier alpha value is -2.38. The molecule has 0 fully saturated rings. The second-order valence-electron chi connectivity index (χ2n) is 5.86. The third-order valence-electron chi connectivity index (χ3n) is 3.48. The maximum absolute atomic E-state index is 12.6. The van der Waals surface area contributed by atoms with Crippen LogP contribution in [0.25, 0.3) is 0 Å². The van der Waals surface area contributed by atoms with Gasteiger partial charge in [0.05, 0.1) is 17.5 Å². The highest BCUT2D eigenvalue weighted by Crippen LogP contribution is 2.21. The van der Waals surface area contributed by atoms with Gasteiger partial charge in [-0.25, -0.2) is 8.42 Å². The Morgan fingerprint density at radius 1 is 1.12 bits per heavy atom. The number of hydrogen-bond acceptors (Lipinski definition) is 4. The molecule has 2 rings (SSSR count). The molecule has 6 nitrogen and oxygen atoms in total. The summed E-state index contributed by atoms with van der Waals surface area (Å²) in [6.07, 6.45) is 1.05. The molecule has 0 heterocycles. The fourth-order valence-electron chi connectivity index (χ4n) is 2.36. The van der Waals surface area contributed by atoms with Gasteiger partial charge in [0.2, 0.25) is 10.0 Å². The summed E-state index contributed by atoms with van der Waals surface area (Å²) >= 11 is 0. The summed E-state index contributed by atoms with van der Waals surface area (Å²) < 4.78 is 25.4. The lowest BCUT2D eigenvalue weighted by atomic mass is 10.1. The number of amides is 1. The minimum Gasteiger partial charge on any atom is -0.322 e. The van der Waals surface area contributed by atoms with Crippen molar-refractivity contribution in [2.24, 2.45) is 0 Å². The predicted octanol–water partition coefficient (Wildman–Crippen LogP) is 2.73. The summed E-state index contributed by atoms with van der Waals surface area (Å²) in [6, 6.07) is 12.5. The quantitative estimate of drug-likeness (QED) is 0.708. The highest BCUT2D eigenvalue weighted by atomic mass is 32.2. The van der Waals surface area contributed by atoms with E-state index < -0.39 is 10.0 Å². The van der Waals surface area contributed by atoms with Gasteiger partial charge in [-0.15, -0.1) is 0 Å². The average Bonchev–Trinajstić information content (AvgIpc) is 2.53. The lowest BCUT2D eigenvalue weighted by Crippen LogP contribution is -2.18. The minimum atomic E-state index is -3.47.